The number of aryl methyl sites for hydroxylation is 2. The Morgan fingerprint density at radius 1 is 1.07 bits per heavy atom. The van der Waals surface area contributed by atoms with Crippen LogP contribution >= 0.6 is 11.8 Å². The molecule has 2 heterocycles. The second-order valence-electron chi connectivity index (χ2n) is 10.6. The van der Waals surface area contributed by atoms with Crippen LogP contribution in [-0.2, 0) is 4.79 Å². The summed E-state index contributed by atoms with van der Waals surface area (Å²) in [5, 5.41) is 7.46. The highest BCUT2D eigenvalue weighted by Crippen LogP contribution is 2.34. The standard InChI is InChI=1S/C32H29F3N6O3S/c1-19(2)26-13-5-20(3)15-27(26)41-29(42)17-45-31(41)38-30(43)37-23-8-6-22(21(4)16-23)7-14-28-36-18-40(39-28)24-9-11-25(12-10-24)44-32(33,34)35/h5-16,18-19H,17H2,1-4H3,(H,37,43)/b14-7+,38-31-. The van der Waals surface area contributed by atoms with Crippen molar-refractivity contribution in [3.05, 3.63) is 95.1 Å². The molecule has 0 aliphatic carbocycles. The van der Waals surface area contributed by atoms with Crippen molar-refractivity contribution in [2.75, 3.05) is 16.0 Å². The van der Waals surface area contributed by atoms with Gasteiger partial charge in [0.2, 0.25) is 5.91 Å². The zero-order chi connectivity index (χ0) is 32.3. The first-order valence-corrected chi connectivity index (χ1v) is 14.9. The number of aliphatic imine (C=N–C) groups is 1. The maximum Gasteiger partial charge on any atom is 0.573 e. The van der Waals surface area contributed by atoms with E-state index in [1.54, 1.807) is 18.2 Å². The topological polar surface area (TPSA) is 102 Å². The third-order valence-electron chi connectivity index (χ3n) is 6.79. The smallest absolute Gasteiger partial charge is 0.406 e. The molecule has 3 aromatic carbocycles. The summed E-state index contributed by atoms with van der Waals surface area (Å²) in [6.07, 6.45) is 0.199. The van der Waals surface area contributed by atoms with E-state index in [1.165, 1.54) is 51.9 Å². The molecule has 0 unspecified atom stereocenters. The molecule has 3 amide bonds. The maximum absolute atomic E-state index is 12.9. The number of anilines is 2. The average Bonchev–Trinajstić information content (AvgIpc) is 3.58. The highest BCUT2D eigenvalue weighted by molar-refractivity contribution is 8.15. The van der Waals surface area contributed by atoms with Gasteiger partial charge in [0.1, 0.15) is 12.1 Å². The first kappa shape index (κ1) is 31.5. The van der Waals surface area contributed by atoms with Crippen molar-refractivity contribution < 1.29 is 27.5 Å². The number of alkyl halides is 3. The summed E-state index contributed by atoms with van der Waals surface area (Å²) in [5.41, 5.74) is 5.52. The Labute approximate surface area is 261 Å². The maximum atomic E-state index is 12.9. The summed E-state index contributed by atoms with van der Waals surface area (Å²) < 4.78 is 42.5. The number of halogens is 3. The number of amides is 3. The number of urea groups is 1. The average molecular weight is 635 g/mol. The van der Waals surface area contributed by atoms with Crippen molar-refractivity contribution in [3.8, 4) is 11.4 Å². The summed E-state index contributed by atoms with van der Waals surface area (Å²) in [4.78, 5) is 35.7. The summed E-state index contributed by atoms with van der Waals surface area (Å²) in [6.45, 7) is 7.95. The van der Waals surface area contributed by atoms with Crippen molar-refractivity contribution in [2.24, 2.45) is 4.99 Å². The van der Waals surface area contributed by atoms with E-state index in [0.29, 0.717) is 22.4 Å². The van der Waals surface area contributed by atoms with E-state index in [9.17, 15) is 22.8 Å². The number of thioether (sulfide) groups is 1. The Kier molecular flexibility index (Phi) is 9.09. The minimum absolute atomic E-state index is 0.126. The molecule has 4 aromatic rings. The molecule has 1 fully saturated rings. The van der Waals surface area contributed by atoms with Crippen LogP contribution in [0.3, 0.4) is 0 Å². The van der Waals surface area contributed by atoms with Gasteiger partial charge in [-0.25, -0.2) is 14.5 Å². The van der Waals surface area contributed by atoms with Crippen LogP contribution < -0.4 is 15.0 Å². The lowest BCUT2D eigenvalue weighted by molar-refractivity contribution is -0.274. The Morgan fingerprint density at radius 2 is 1.82 bits per heavy atom. The van der Waals surface area contributed by atoms with Gasteiger partial charge in [-0.3, -0.25) is 9.69 Å². The number of hydrogen-bond donors (Lipinski definition) is 1. The van der Waals surface area contributed by atoms with Crippen LogP contribution in [0.4, 0.5) is 29.3 Å². The fourth-order valence-corrected chi connectivity index (χ4v) is 5.50. The number of nitrogens with one attached hydrogen (secondary N) is 1. The zero-order valence-electron chi connectivity index (χ0n) is 24.8. The van der Waals surface area contributed by atoms with E-state index in [1.807, 2.05) is 44.2 Å². The summed E-state index contributed by atoms with van der Waals surface area (Å²) in [5.74, 6) is 0.317. The SMILES string of the molecule is Cc1ccc(C(C)C)c(N2C(=O)CS/C2=N\C(=O)Nc2ccc(/C=C/c3ncn(-c4ccc(OC(F)(F)F)cc4)n3)c(C)c2)c1. The van der Waals surface area contributed by atoms with Crippen LogP contribution in [0.25, 0.3) is 17.8 Å². The number of carbonyl (C=O) groups excluding carboxylic acids is 2. The molecule has 1 aromatic heterocycles. The third-order valence-corrected chi connectivity index (χ3v) is 7.71. The highest BCUT2D eigenvalue weighted by Gasteiger charge is 2.33. The predicted octanol–water partition coefficient (Wildman–Crippen LogP) is 7.74. The van der Waals surface area contributed by atoms with Crippen LogP contribution in [-0.4, -0.2) is 44.0 Å². The van der Waals surface area contributed by atoms with Gasteiger partial charge < -0.3 is 10.1 Å². The molecule has 0 atom stereocenters. The van der Waals surface area contributed by atoms with Gasteiger partial charge in [0.05, 0.1) is 17.1 Å². The third kappa shape index (κ3) is 7.79. The van der Waals surface area contributed by atoms with E-state index >= 15 is 0 Å². The fraction of sp³-hybridized carbons (Fsp3) is 0.219. The molecule has 5 rings (SSSR count). The van der Waals surface area contributed by atoms with Gasteiger partial charge in [-0.2, -0.15) is 4.99 Å². The first-order chi connectivity index (χ1) is 21.4. The van der Waals surface area contributed by atoms with Crippen LogP contribution in [0.2, 0.25) is 0 Å². The molecule has 232 valence electrons. The molecular weight excluding hydrogens is 605 g/mol. The molecule has 1 N–H and O–H groups in total. The van der Waals surface area contributed by atoms with Crippen LogP contribution in [0.15, 0.2) is 72.0 Å². The summed E-state index contributed by atoms with van der Waals surface area (Å²) in [6, 6.07) is 16.0. The van der Waals surface area contributed by atoms with Crippen molar-refractivity contribution in [3.63, 3.8) is 0 Å². The van der Waals surface area contributed by atoms with E-state index < -0.39 is 12.4 Å². The van der Waals surface area contributed by atoms with Gasteiger partial charge in [0, 0.05) is 5.69 Å². The number of rotatable bonds is 7. The minimum atomic E-state index is -4.76. The van der Waals surface area contributed by atoms with Gasteiger partial charge in [0.25, 0.3) is 0 Å². The number of carbonyl (C=O) groups is 2. The second kappa shape index (κ2) is 13.0. The van der Waals surface area contributed by atoms with E-state index in [0.717, 1.165) is 27.9 Å². The number of nitrogens with zero attached hydrogens (tertiary/aromatic N) is 5. The fourth-order valence-electron chi connectivity index (χ4n) is 4.64. The number of ether oxygens (including phenoxy) is 1. The van der Waals surface area contributed by atoms with Crippen molar-refractivity contribution in [2.45, 2.75) is 40.0 Å². The normalized spacial score (nSPS) is 14.6. The molecule has 45 heavy (non-hydrogen) atoms. The molecule has 0 saturated carbocycles. The van der Waals surface area contributed by atoms with E-state index in [4.69, 9.17) is 0 Å². The Hall–Kier alpha value is -4.91. The van der Waals surface area contributed by atoms with Gasteiger partial charge >= 0.3 is 12.4 Å². The van der Waals surface area contributed by atoms with Crippen LogP contribution in [0.1, 0.15) is 47.8 Å². The quantitative estimate of drug-likeness (QED) is 0.223. The molecule has 1 aliphatic heterocycles. The number of aromatic nitrogens is 3. The van der Waals surface area contributed by atoms with Crippen molar-refractivity contribution in [1.29, 1.82) is 0 Å². The number of amidine groups is 1. The van der Waals surface area contributed by atoms with Gasteiger partial charge in [-0.15, -0.1) is 18.3 Å². The molecular formula is C32H29F3N6O3S. The highest BCUT2D eigenvalue weighted by atomic mass is 32.2. The van der Waals surface area contributed by atoms with Crippen LogP contribution in [0.5, 0.6) is 5.75 Å². The molecule has 9 nitrogen and oxygen atoms in total. The lowest BCUT2D eigenvalue weighted by Gasteiger charge is -2.22. The van der Waals surface area contributed by atoms with E-state index in [-0.39, 0.29) is 23.3 Å². The Bertz CT molecular complexity index is 1800. The lowest BCUT2D eigenvalue weighted by atomic mass is 9.99. The lowest BCUT2D eigenvalue weighted by Crippen LogP contribution is -2.31. The van der Waals surface area contributed by atoms with Gasteiger partial charge in [-0.1, -0.05) is 49.9 Å². The summed E-state index contributed by atoms with van der Waals surface area (Å²) in [7, 11) is 0. The first-order valence-electron chi connectivity index (χ1n) is 13.9. The van der Waals surface area contributed by atoms with Crippen molar-refractivity contribution in [1.82, 2.24) is 14.8 Å². The molecule has 0 radical (unpaired) electrons. The van der Waals surface area contributed by atoms with E-state index in [2.05, 4.69) is 39.0 Å². The largest absolute Gasteiger partial charge is 0.573 e. The zero-order valence-corrected chi connectivity index (χ0v) is 25.6. The molecule has 1 saturated heterocycles. The summed E-state index contributed by atoms with van der Waals surface area (Å²) >= 11 is 1.23. The molecule has 13 heteroatoms. The predicted molar refractivity (Wildman–Crippen MR) is 170 cm³/mol. The van der Waals surface area contributed by atoms with Crippen LogP contribution in [0, 0.1) is 13.8 Å². The Morgan fingerprint density at radius 3 is 2.51 bits per heavy atom. The van der Waals surface area contributed by atoms with Gasteiger partial charge in [-0.05, 0) is 90.6 Å². The Balaban J connectivity index is 1.25. The second-order valence-corrected chi connectivity index (χ2v) is 11.5. The number of hydrogen-bond acceptors (Lipinski definition) is 6. The molecule has 0 bridgehead atoms. The minimum Gasteiger partial charge on any atom is -0.406 e. The monoisotopic (exact) mass is 634 g/mol. The number of benzene rings is 3. The molecule has 1 aliphatic rings. The van der Waals surface area contributed by atoms with Crippen molar-refractivity contribution >= 4 is 52.4 Å². The van der Waals surface area contributed by atoms with Gasteiger partial charge in [0.15, 0.2) is 11.0 Å². The molecule has 0 spiro atoms.